The fourth-order valence-corrected chi connectivity index (χ4v) is 2.45. The van der Waals surface area contributed by atoms with Crippen LogP contribution in [0.5, 0.6) is 5.88 Å². The van der Waals surface area contributed by atoms with E-state index in [4.69, 9.17) is 9.72 Å². The molecule has 1 fully saturated rings. The molecule has 0 saturated heterocycles. The number of rotatable bonds is 3. The highest BCUT2D eigenvalue weighted by Gasteiger charge is 2.26. The summed E-state index contributed by atoms with van der Waals surface area (Å²) in [4.78, 5) is 9.36. The minimum Gasteiger partial charge on any atom is -0.478 e. The predicted molar refractivity (Wildman–Crippen MR) is 65.2 cm³/mol. The first-order chi connectivity index (χ1) is 8.38. The summed E-state index contributed by atoms with van der Waals surface area (Å²) >= 11 is 0. The van der Waals surface area contributed by atoms with E-state index in [2.05, 4.69) is 10.3 Å². The van der Waals surface area contributed by atoms with E-state index >= 15 is 0 Å². The maximum Gasteiger partial charge on any atom is 0.220 e. The molecule has 2 heterocycles. The van der Waals surface area contributed by atoms with Gasteiger partial charge in [-0.25, -0.2) is 4.98 Å². The van der Waals surface area contributed by atoms with Gasteiger partial charge in [-0.15, -0.1) is 0 Å². The number of hydrogen-bond acceptors (Lipinski definition) is 4. The van der Waals surface area contributed by atoms with Gasteiger partial charge in [0.15, 0.2) is 0 Å². The predicted octanol–water partition coefficient (Wildman–Crippen LogP) is 1.79. The van der Waals surface area contributed by atoms with Gasteiger partial charge in [-0.1, -0.05) is 6.42 Å². The van der Waals surface area contributed by atoms with Crippen molar-refractivity contribution in [1.82, 2.24) is 15.3 Å². The molecule has 0 bridgehead atoms. The van der Waals surface area contributed by atoms with Gasteiger partial charge in [0.05, 0.1) is 12.3 Å². The summed E-state index contributed by atoms with van der Waals surface area (Å²) < 4.78 is 5.68. The summed E-state index contributed by atoms with van der Waals surface area (Å²) in [5.74, 6) is 2.41. The Balaban J connectivity index is 1.98. The van der Waals surface area contributed by atoms with E-state index < -0.39 is 0 Å². The zero-order chi connectivity index (χ0) is 11.7. The fraction of sp³-hybridized carbons (Fsp3) is 0.692. The fourth-order valence-electron chi connectivity index (χ4n) is 2.45. The van der Waals surface area contributed by atoms with Crippen molar-refractivity contribution in [3.05, 3.63) is 17.1 Å². The van der Waals surface area contributed by atoms with Gasteiger partial charge in [0.1, 0.15) is 5.82 Å². The van der Waals surface area contributed by atoms with Crippen LogP contribution >= 0.6 is 0 Å². The second-order valence-corrected chi connectivity index (χ2v) is 4.80. The molecular weight excluding hydrogens is 214 g/mol. The second-order valence-electron chi connectivity index (χ2n) is 4.80. The molecular formula is C13H19N3O. The van der Waals surface area contributed by atoms with Gasteiger partial charge in [0.2, 0.25) is 5.88 Å². The normalized spacial score (nSPS) is 19.6. The van der Waals surface area contributed by atoms with Crippen molar-refractivity contribution in [2.45, 2.75) is 45.1 Å². The van der Waals surface area contributed by atoms with Gasteiger partial charge < -0.3 is 10.1 Å². The lowest BCUT2D eigenvalue weighted by atomic mass is 9.84. The molecule has 3 rings (SSSR count). The summed E-state index contributed by atoms with van der Waals surface area (Å²) in [7, 11) is 0. The molecule has 0 spiro atoms. The van der Waals surface area contributed by atoms with E-state index in [1.54, 1.807) is 0 Å². The quantitative estimate of drug-likeness (QED) is 0.864. The Labute approximate surface area is 102 Å². The summed E-state index contributed by atoms with van der Waals surface area (Å²) in [5, 5.41) is 3.37. The zero-order valence-electron chi connectivity index (χ0n) is 10.3. The van der Waals surface area contributed by atoms with Crippen LogP contribution in [0.1, 0.15) is 49.2 Å². The van der Waals surface area contributed by atoms with E-state index in [0.29, 0.717) is 12.5 Å². The van der Waals surface area contributed by atoms with Gasteiger partial charge in [0, 0.05) is 18.0 Å². The van der Waals surface area contributed by atoms with Crippen molar-refractivity contribution >= 4 is 0 Å². The molecule has 17 heavy (non-hydrogen) atoms. The lowest BCUT2D eigenvalue weighted by Gasteiger charge is -2.26. The van der Waals surface area contributed by atoms with E-state index in [9.17, 15) is 0 Å². The molecule has 1 aliphatic carbocycles. The second kappa shape index (κ2) is 4.61. The molecule has 1 saturated carbocycles. The first-order valence-corrected chi connectivity index (χ1v) is 6.61. The summed E-state index contributed by atoms with van der Waals surface area (Å²) in [6.45, 7) is 4.55. The molecule has 1 aromatic heterocycles. The van der Waals surface area contributed by atoms with Crippen LogP contribution in [0.2, 0.25) is 0 Å². The number of nitrogens with zero attached hydrogens (tertiary/aromatic N) is 2. The first kappa shape index (κ1) is 11.0. The number of nitrogens with one attached hydrogen (secondary N) is 1. The van der Waals surface area contributed by atoms with Crippen molar-refractivity contribution < 1.29 is 4.74 Å². The Kier molecular flexibility index (Phi) is 2.97. The van der Waals surface area contributed by atoms with Crippen LogP contribution in [0.25, 0.3) is 0 Å². The highest BCUT2D eigenvalue weighted by atomic mass is 16.5. The van der Waals surface area contributed by atoms with Gasteiger partial charge in [0.25, 0.3) is 0 Å². The minimum atomic E-state index is 0.571. The monoisotopic (exact) mass is 233 g/mol. The van der Waals surface area contributed by atoms with Crippen molar-refractivity contribution in [3.8, 4) is 5.88 Å². The van der Waals surface area contributed by atoms with Crippen molar-refractivity contribution in [2.24, 2.45) is 0 Å². The number of aromatic nitrogens is 2. The third kappa shape index (κ3) is 2.02. The van der Waals surface area contributed by atoms with Crippen molar-refractivity contribution in [2.75, 3.05) is 13.2 Å². The van der Waals surface area contributed by atoms with Gasteiger partial charge in [-0.05, 0) is 32.7 Å². The Morgan fingerprint density at radius 3 is 2.94 bits per heavy atom. The van der Waals surface area contributed by atoms with Crippen LogP contribution in [0.3, 0.4) is 0 Å². The topological polar surface area (TPSA) is 47.0 Å². The molecule has 1 N–H and O–H groups in total. The van der Waals surface area contributed by atoms with Gasteiger partial charge in [-0.3, -0.25) is 0 Å². The Bertz CT molecular complexity index is 415. The molecule has 0 atom stereocenters. The van der Waals surface area contributed by atoms with Gasteiger partial charge >= 0.3 is 0 Å². The molecule has 0 radical (unpaired) electrons. The van der Waals surface area contributed by atoms with E-state index in [0.717, 1.165) is 36.9 Å². The van der Waals surface area contributed by atoms with Crippen molar-refractivity contribution in [3.63, 3.8) is 0 Å². The minimum absolute atomic E-state index is 0.571. The molecule has 1 aliphatic heterocycles. The molecule has 4 heteroatoms. The third-order valence-corrected chi connectivity index (χ3v) is 3.67. The molecule has 1 aromatic rings. The standard InChI is InChI=1S/C13H19N3O/c1-2-17-13-10-6-7-14-8-11(10)15-12(16-13)9-4-3-5-9/h9,14H,2-8H2,1H3. The van der Waals surface area contributed by atoms with E-state index in [-0.39, 0.29) is 0 Å². The first-order valence-electron chi connectivity index (χ1n) is 6.61. The van der Waals surface area contributed by atoms with E-state index in [1.807, 2.05) is 6.92 Å². The SMILES string of the molecule is CCOc1nc(C2CCC2)nc2c1CCNC2. The average molecular weight is 233 g/mol. The van der Waals surface area contributed by atoms with Crippen LogP contribution in [0.15, 0.2) is 0 Å². The van der Waals surface area contributed by atoms with Crippen LogP contribution in [0, 0.1) is 0 Å². The molecule has 2 aliphatic rings. The largest absolute Gasteiger partial charge is 0.478 e. The van der Waals surface area contributed by atoms with Crippen LogP contribution in [-0.4, -0.2) is 23.1 Å². The molecule has 0 unspecified atom stereocenters. The van der Waals surface area contributed by atoms with E-state index in [1.165, 1.54) is 24.8 Å². The van der Waals surface area contributed by atoms with Crippen LogP contribution in [0.4, 0.5) is 0 Å². The van der Waals surface area contributed by atoms with Gasteiger partial charge in [-0.2, -0.15) is 4.98 Å². The number of ether oxygens (including phenoxy) is 1. The highest BCUT2D eigenvalue weighted by molar-refractivity contribution is 5.34. The van der Waals surface area contributed by atoms with Crippen LogP contribution < -0.4 is 10.1 Å². The Morgan fingerprint density at radius 1 is 1.35 bits per heavy atom. The van der Waals surface area contributed by atoms with Crippen LogP contribution in [-0.2, 0) is 13.0 Å². The maximum atomic E-state index is 5.68. The Morgan fingerprint density at radius 2 is 2.24 bits per heavy atom. The summed E-state index contributed by atoms with van der Waals surface area (Å²) in [6, 6.07) is 0. The Hall–Kier alpha value is -1.16. The lowest BCUT2D eigenvalue weighted by Crippen LogP contribution is -2.27. The lowest BCUT2D eigenvalue weighted by molar-refractivity contribution is 0.311. The smallest absolute Gasteiger partial charge is 0.220 e. The summed E-state index contributed by atoms with van der Waals surface area (Å²) in [6.07, 6.45) is 4.76. The molecule has 0 amide bonds. The molecule has 92 valence electrons. The third-order valence-electron chi connectivity index (χ3n) is 3.67. The molecule has 4 nitrogen and oxygen atoms in total. The zero-order valence-corrected chi connectivity index (χ0v) is 10.3. The van der Waals surface area contributed by atoms with Crippen molar-refractivity contribution in [1.29, 1.82) is 0 Å². The highest BCUT2D eigenvalue weighted by Crippen LogP contribution is 2.36. The maximum absolute atomic E-state index is 5.68. The number of hydrogen-bond donors (Lipinski definition) is 1. The average Bonchev–Trinajstić information content (AvgIpc) is 2.27. The molecule has 0 aromatic carbocycles. The summed E-state index contributed by atoms with van der Waals surface area (Å²) in [5.41, 5.74) is 2.37. The number of fused-ring (bicyclic) bond motifs is 1.